The minimum atomic E-state index is -4.49. The summed E-state index contributed by atoms with van der Waals surface area (Å²) in [5, 5.41) is 6.59. The van der Waals surface area contributed by atoms with Gasteiger partial charge < -0.3 is 15.4 Å². The molecule has 5 nitrogen and oxygen atoms in total. The van der Waals surface area contributed by atoms with Crippen LogP contribution in [0.15, 0.2) is 6.20 Å². The van der Waals surface area contributed by atoms with Crippen LogP contribution in [0.2, 0.25) is 0 Å². The fraction of sp³-hybridized carbons (Fsp3) is 0.810. The SMILES string of the molecule is Cl.FC(F)(F)c1nc(NC23CC4CC(CC(C4)C2)C3)ncc1CNC1CCOCC1. The highest BCUT2D eigenvalue weighted by atomic mass is 35.5. The van der Waals surface area contributed by atoms with Crippen molar-refractivity contribution in [3.63, 3.8) is 0 Å². The first-order valence-corrected chi connectivity index (χ1v) is 10.9. The number of ether oxygens (including phenoxy) is 1. The van der Waals surface area contributed by atoms with E-state index in [-0.39, 0.29) is 42.0 Å². The summed E-state index contributed by atoms with van der Waals surface area (Å²) < 4.78 is 46.5. The molecule has 2 N–H and O–H groups in total. The lowest BCUT2D eigenvalue weighted by Crippen LogP contribution is -2.55. The fourth-order valence-electron chi connectivity index (χ4n) is 6.50. The summed E-state index contributed by atoms with van der Waals surface area (Å²) in [4.78, 5) is 8.28. The molecule has 4 bridgehead atoms. The van der Waals surface area contributed by atoms with E-state index < -0.39 is 11.9 Å². The zero-order chi connectivity index (χ0) is 20.1. The minimum Gasteiger partial charge on any atom is -0.381 e. The van der Waals surface area contributed by atoms with Gasteiger partial charge in [-0.25, -0.2) is 9.97 Å². The van der Waals surface area contributed by atoms with Gasteiger partial charge >= 0.3 is 6.18 Å². The third-order valence-electron chi connectivity index (χ3n) is 7.35. The first kappa shape index (κ1) is 22.1. The minimum absolute atomic E-state index is 0. The highest BCUT2D eigenvalue weighted by Crippen LogP contribution is 2.56. The molecule has 168 valence electrons. The summed E-state index contributed by atoms with van der Waals surface area (Å²) in [6.45, 7) is 1.42. The van der Waals surface area contributed by atoms with Gasteiger partial charge in [0.05, 0.1) is 0 Å². The zero-order valence-electron chi connectivity index (χ0n) is 17.0. The second-order valence-electron chi connectivity index (χ2n) is 9.66. The third kappa shape index (κ3) is 4.55. The molecule has 5 fully saturated rings. The number of hydrogen-bond acceptors (Lipinski definition) is 5. The topological polar surface area (TPSA) is 59.1 Å². The number of rotatable bonds is 5. The van der Waals surface area contributed by atoms with Crippen molar-refractivity contribution in [2.24, 2.45) is 17.8 Å². The van der Waals surface area contributed by atoms with Crippen LogP contribution in [-0.2, 0) is 17.5 Å². The Morgan fingerprint density at radius 2 is 1.63 bits per heavy atom. The predicted molar refractivity (Wildman–Crippen MR) is 109 cm³/mol. The molecule has 0 aromatic carbocycles. The van der Waals surface area contributed by atoms with Crippen LogP contribution < -0.4 is 10.6 Å². The molecule has 1 aromatic rings. The molecule has 30 heavy (non-hydrogen) atoms. The maximum atomic E-state index is 13.7. The summed E-state index contributed by atoms with van der Waals surface area (Å²) in [5.74, 6) is 2.26. The molecule has 0 spiro atoms. The molecule has 0 unspecified atom stereocenters. The molecule has 6 rings (SSSR count). The smallest absolute Gasteiger partial charge is 0.381 e. The van der Waals surface area contributed by atoms with Crippen LogP contribution >= 0.6 is 12.4 Å². The highest BCUT2D eigenvalue weighted by molar-refractivity contribution is 5.85. The second kappa shape index (κ2) is 8.43. The van der Waals surface area contributed by atoms with E-state index in [1.807, 2.05) is 0 Å². The molecule has 5 aliphatic rings. The summed E-state index contributed by atoms with van der Waals surface area (Å²) >= 11 is 0. The number of hydrogen-bond donors (Lipinski definition) is 2. The van der Waals surface area contributed by atoms with E-state index in [2.05, 4.69) is 20.6 Å². The monoisotopic (exact) mass is 446 g/mol. The van der Waals surface area contributed by atoms with Gasteiger partial charge in [0.15, 0.2) is 5.69 Å². The van der Waals surface area contributed by atoms with E-state index in [1.165, 1.54) is 25.5 Å². The number of anilines is 1. The van der Waals surface area contributed by atoms with Crippen LogP contribution in [-0.4, -0.2) is 34.8 Å². The number of aromatic nitrogens is 2. The van der Waals surface area contributed by atoms with Crippen LogP contribution in [0.25, 0.3) is 0 Å². The van der Waals surface area contributed by atoms with Gasteiger partial charge in [-0.1, -0.05) is 0 Å². The molecule has 0 amide bonds. The predicted octanol–water partition coefficient (Wildman–Crippen LogP) is 4.57. The Hall–Kier alpha value is -1.12. The van der Waals surface area contributed by atoms with E-state index in [0.29, 0.717) is 31.0 Å². The molecule has 4 aliphatic carbocycles. The molecule has 1 aromatic heterocycles. The molecule has 0 atom stereocenters. The van der Waals surface area contributed by atoms with E-state index in [9.17, 15) is 13.2 Å². The standard InChI is InChI=1S/C21H29F3N4O.ClH/c22-21(23,24)18-16(11-25-17-1-3-29-4-2-17)12-26-19(27-18)28-20-8-13-5-14(9-20)7-15(6-13)10-20;/h12-15,17,25H,1-11H2,(H,26,27,28);1H. The summed E-state index contributed by atoms with van der Waals surface area (Å²) in [6, 6.07) is 0.176. The van der Waals surface area contributed by atoms with Crippen LogP contribution in [0.3, 0.4) is 0 Å². The number of nitrogens with zero attached hydrogens (tertiary/aromatic N) is 2. The third-order valence-corrected chi connectivity index (χ3v) is 7.35. The van der Waals surface area contributed by atoms with Crippen molar-refractivity contribution in [3.8, 4) is 0 Å². The molecular formula is C21H30ClF3N4O. The first-order valence-electron chi connectivity index (χ1n) is 10.9. The van der Waals surface area contributed by atoms with Crippen LogP contribution in [0.1, 0.15) is 62.6 Å². The Kier molecular flexibility index (Phi) is 6.21. The van der Waals surface area contributed by atoms with Crippen molar-refractivity contribution >= 4 is 18.4 Å². The van der Waals surface area contributed by atoms with Gasteiger partial charge in [-0.15, -0.1) is 12.4 Å². The summed E-state index contributed by atoms with van der Waals surface area (Å²) in [6.07, 6.45) is 5.45. The molecular weight excluding hydrogens is 417 g/mol. The van der Waals surface area contributed by atoms with E-state index in [1.54, 1.807) is 0 Å². The maximum absolute atomic E-state index is 13.7. The van der Waals surface area contributed by atoms with E-state index in [4.69, 9.17) is 4.74 Å². The second-order valence-corrected chi connectivity index (χ2v) is 9.66. The average molecular weight is 447 g/mol. The van der Waals surface area contributed by atoms with E-state index in [0.717, 1.165) is 32.1 Å². The van der Waals surface area contributed by atoms with Gasteiger partial charge in [0, 0.05) is 43.1 Å². The van der Waals surface area contributed by atoms with Gasteiger partial charge in [0.1, 0.15) is 0 Å². The molecule has 9 heteroatoms. The molecule has 1 aliphatic heterocycles. The Bertz CT molecular complexity index is 719. The molecule has 4 saturated carbocycles. The Labute approximate surface area is 181 Å². The number of nitrogens with one attached hydrogen (secondary N) is 2. The van der Waals surface area contributed by atoms with Crippen molar-refractivity contribution < 1.29 is 17.9 Å². The van der Waals surface area contributed by atoms with Gasteiger partial charge in [0.25, 0.3) is 0 Å². The highest BCUT2D eigenvalue weighted by Gasteiger charge is 2.51. The number of alkyl halides is 3. The van der Waals surface area contributed by atoms with Gasteiger partial charge in [-0.3, -0.25) is 0 Å². The Morgan fingerprint density at radius 1 is 1.03 bits per heavy atom. The lowest BCUT2D eigenvalue weighted by molar-refractivity contribution is -0.141. The van der Waals surface area contributed by atoms with Crippen molar-refractivity contribution in [1.82, 2.24) is 15.3 Å². The van der Waals surface area contributed by atoms with Crippen LogP contribution in [0.4, 0.5) is 19.1 Å². The maximum Gasteiger partial charge on any atom is 0.433 e. The van der Waals surface area contributed by atoms with Crippen molar-refractivity contribution in [3.05, 3.63) is 17.5 Å². The van der Waals surface area contributed by atoms with E-state index >= 15 is 0 Å². The molecule has 1 saturated heterocycles. The lowest BCUT2D eigenvalue weighted by Gasteiger charge is -2.56. The largest absolute Gasteiger partial charge is 0.433 e. The quantitative estimate of drug-likeness (QED) is 0.694. The van der Waals surface area contributed by atoms with Crippen molar-refractivity contribution in [1.29, 1.82) is 0 Å². The summed E-state index contributed by atoms with van der Waals surface area (Å²) in [5.41, 5.74) is -0.821. The molecule has 0 radical (unpaired) electrons. The van der Waals surface area contributed by atoms with Crippen LogP contribution in [0.5, 0.6) is 0 Å². The van der Waals surface area contributed by atoms with Gasteiger partial charge in [-0.05, 0) is 69.1 Å². The van der Waals surface area contributed by atoms with Crippen molar-refractivity contribution in [2.75, 3.05) is 18.5 Å². The van der Waals surface area contributed by atoms with Crippen LogP contribution in [0, 0.1) is 17.8 Å². The van der Waals surface area contributed by atoms with Crippen molar-refractivity contribution in [2.45, 2.75) is 75.7 Å². The Balaban J connectivity index is 0.00000218. The zero-order valence-corrected chi connectivity index (χ0v) is 17.8. The van der Waals surface area contributed by atoms with Gasteiger partial charge in [-0.2, -0.15) is 13.2 Å². The number of halogens is 4. The Morgan fingerprint density at radius 3 is 2.20 bits per heavy atom. The first-order chi connectivity index (χ1) is 13.9. The van der Waals surface area contributed by atoms with Gasteiger partial charge in [0.2, 0.25) is 5.95 Å². The summed E-state index contributed by atoms with van der Waals surface area (Å²) in [7, 11) is 0. The lowest BCUT2D eigenvalue weighted by atomic mass is 9.53. The normalized spacial score (nSPS) is 33.4. The average Bonchev–Trinajstić information content (AvgIpc) is 2.65. The molecule has 2 heterocycles. The fourth-order valence-corrected chi connectivity index (χ4v) is 6.50.